The zero-order valence-corrected chi connectivity index (χ0v) is 17.9. The number of ether oxygens (including phenoxy) is 1. The third-order valence-electron chi connectivity index (χ3n) is 6.05. The molecule has 0 aliphatic carbocycles. The van der Waals surface area contributed by atoms with E-state index in [0.717, 1.165) is 66.8 Å². The Kier molecular flexibility index (Phi) is 6.17. The van der Waals surface area contributed by atoms with E-state index in [1.165, 1.54) is 0 Å². The van der Waals surface area contributed by atoms with Gasteiger partial charge in [0.1, 0.15) is 5.82 Å². The summed E-state index contributed by atoms with van der Waals surface area (Å²) in [6.07, 6.45) is 7.14. The zero-order chi connectivity index (χ0) is 21.8. The van der Waals surface area contributed by atoms with Gasteiger partial charge in [-0.25, -0.2) is 4.98 Å². The molecule has 2 aliphatic rings. The third kappa shape index (κ3) is 4.84. The summed E-state index contributed by atoms with van der Waals surface area (Å²) < 4.78 is 5.34. The molecule has 3 N–H and O–H groups in total. The third-order valence-corrected chi connectivity index (χ3v) is 6.05. The minimum Gasteiger partial charge on any atom is -0.381 e. The number of nitrogens with zero attached hydrogens (tertiary/aromatic N) is 4. The lowest BCUT2D eigenvalue weighted by molar-refractivity contribution is -0.122. The Morgan fingerprint density at radius 2 is 1.84 bits per heavy atom. The number of rotatable bonds is 5. The number of piperidine rings is 1. The molecule has 1 amide bonds. The maximum Gasteiger partial charge on any atom is 0.228 e. The average Bonchev–Trinajstić information content (AvgIpc) is 2.85. The summed E-state index contributed by atoms with van der Waals surface area (Å²) in [5, 5.41) is 19.1. The van der Waals surface area contributed by atoms with Crippen LogP contribution < -0.4 is 16.0 Å². The predicted molar refractivity (Wildman–Crippen MR) is 122 cm³/mol. The first-order valence-corrected chi connectivity index (χ1v) is 11.2. The minimum atomic E-state index is -0.0435. The highest BCUT2D eigenvalue weighted by atomic mass is 16.5. The Hall–Kier alpha value is -3.17. The number of benzene rings is 1. The Morgan fingerprint density at radius 1 is 1.00 bits per heavy atom. The van der Waals surface area contributed by atoms with Crippen LogP contribution in [-0.2, 0) is 9.53 Å². The van der Waals surface area contributed by atoms with Gasteiger partial charge in [0.15, 0.2) is 5.82 Å². The molecule has 0 radical (unpaired) electrons. The van der Waals surface area contributed by atoms with Crippen molar-refractivity contribution in [2.75, 3.05) is 36.9 Å². The van der Waals surface area contributed by atoms with E-state index in [-0.39, 0.29) is 11.8 Å². The molecular weight excluding hydrogens is 406 g/mol. The van der Waals surface area contributed by atoms with Crippen LogP contribution in [0.1, 0.15) is 25.7 Å². The van der Waals surface area contributed by atoms with Crippen LogP contribution >= 0.6 is 0 Å². The van der Waals surface area contributed by atoms with Crippen LogP contribution in [0.3, 0.4) is 0 Å². The number of hydrogen-bond donors (Lipinski definition) is 3. The number of hydrogen-bond acceptors (Lipinski definition) is 8. The van der Waals surface area contributed by atoms with Crippen molar-refractivity contribution in [1.29, 1.82) is 0 Å². The number of nitrogens with one attached hydrogen (secondary N) is 3. The van der Waals surface area contributed by atoms with Crippen molar-refractivity contribution >= 4 is 28.4 Å². The molecule has 32 heavy (non-hydrogen) atoms. The van der Waals surface area contributed by atoms with Gasteiger partial charge in [-0.3, -0.25) is 9.78 Å². The quantitative estimate of drug-likeness (QED) is 0.563. The van der Waals surface area contributed by atoms with Gasteiger partial charge in [0.25, 0.3) is 0 Å². The van der Waals surface area contributed by atoms with E-state index in [1.807, 2.05) is 24.3 Å². The molecule has 9 nitrogen and oxygen atoms in total. The summed E-state index contributed by atoms with van der Waals surface area (Å²) in [6.45, 7) is 3.28. The van der Waals surface area contributed by atoms with Crippen molar-refractivity contribution in [2.45, 2.75) is 31.7 Å². The Morgan fingerprint density at radius 3 is 2.69 bits per heavy atom. The van der Waals surface area contributed by atoms with Gasteiger partial charge in [0.2, 0.25) is 5.91 Å². The summed E-state index contributed by atoms with van der Waals surface area (Å²) in [6, 6.07) is 8.15. The molecule has 3 aromatic rings. The molecule has 1 aromatic carbocycles. The first-order valence-electron chi connectivity index (χ1n) is 11.2. The van der Waals surface area contributed by atoms with E-state index in [1.54, 1.807) is 12.4 Å². The molecule has 0 spiro atoms. The second-order valence-electron chi connectivity index (χ2n) is 8.34. The average molecular weight is 434 g/mol. The molecule has 2 aromatic heterocycles. The summed E-state index contributed by atoms with van der Waals surface area (Å²) >= 11 is 0. The summed E-state index contributed by atoms with van der Waals surface area (Å²) in [4.78, 5) is 21.7. The molecule has 0 unspecified atom stereocenters. The van der Waals surface area contributed by atoms with Crippen LogP contribution in [0.15, 0.2) is 36.7 Å². The van der Waals surface area contributed by atoms with Gasteiger partial charge < -0.3 is 20.7 Å². The van der Waals surface area contributed by atoms with Gasteiger partial charge in [0.05, 0.1) is 23.6 Å². The fourth-order valence-corrected chi connectivity index (χ4v) is 4.20. The first-order chi connectivity index (χ1) is 15.7. The van der Waals surface area contributed by atoms with Crippen molar-refractivity contribution in [1.82, 2.24) is 25.5 Å². The Balaban J connectivity index is 1.34. The van der Waals surface area contributed by atoms with Crippen molar-refractivity contribution < 1.29 is 9.53 Å². The normalized spacial score (nSPS) is 17.9. The van der Waals surface area contributed by atoms with Crippen molar-refractivity contribution in [2.24, 2.45) is 5.92 Å². The van der Waals surface area contributed by atoms with E-state index < -0.39 is 0 Å². The first kappa shape index (κ1) is 20.7. The fraction of sp³-hybridized carbons (Fsp3) is 0.435. The maximum absolute atomic E-state index is 12.5. The van der Waals surface area contributed by atoms with Crippen molar-refractivity contribution in [3.63, 3.8) is 0 Å². The molecule has 166 valence electrons. The number of fused-ring (bicyclic) bond motifs is 1. The predicted octanol–water partition coefficient (Wildman–Crippen LogP) is 2.62. The van der Waals surface area contributed by atoms with E-state index >= 15 is 0 Å². The number of anilines is 2. The lowest BCUT2D eigenvalue weighted by atomic mass is 9.99. The second-order valence-corrected chi connectivity index (χ2v) is 8.34. The van der Waals surface area contributed by atoms with E-state index in [0.29, 0.717) is 25.1 Å². The van der Waals surface area contributed by atoms with Gasteiger partial charge in [-0.1, -0.05) is 6.07 Å². The van der Waals surface area contributed by atoms with E-state index in [9.17, 15) is 4.79 Å². The molecule has 4 heterocycles. The van der Waals surface area contributed by atoms with Crippen LogP contribution in [0.4, 0.5) is 11.6 Å². The van der Waals surface area contributed by atoms with Gasteiger partial charge >= 0.3 is 0 Å². The zero-order valence-electron chi connectivity index (χ0n) is 17.9. The maximum atomic E-state index is 12.5. The van der Waals surface area contributed by atoms with Gasteiger partial charge in [-0.15, -0.1) is 10.2 Å². The molecule has 5 rings (SSSR count). The highest BCUT2D eigenvalue weighted by Crippen LogP contribution is 2.25. The largest absolute Gasteiger partial charge is 0.381 e. The monoisotopic (exact) mass is 433 g/mol. The summed E-state index contributed by atoms with van der Waals surface area (Å²) in [5.41, 5.74) is 2.49. The lowest BCUT2D eigenvalue weighted by Gasteiger charge is -2.24. The molecule has 2 saturated heterocycles. The molecule has 2 fully saturated rings. The summed E-state index contributed by atoms with van der Waals surface area (Å²) in [5.74, 6) is 1.17. The second kappa shape index (κ2) is 9.54. The van der Waals surface area contributed by atoms with E-state index in [2.05, 4.69) is 31.1 Å². The molecular formula is C23H27N7O2. The highest BCUT2D eigenvalue weighted by molar-refractivity contribution is 5.94. The smallest absolute Gasteiger partial charge is 0.228 e. The van der Waals surface area contributed by atoms with Crippen molar-refractivity contribution in [3.8, 4) is 11.3 Å². The van der Waals surface area contributed by atoms with Crippen molar-refractivity contribution in [3.05, 3.63) is 36.7 Å². The highest BCUT2D eigenvalue weighted by Gasteiger charge is 2.22. The molecule has 0 atom stereocenters. The molecule has 0 bridgehead atoms. The number of carbonyl (C=O) groups is 1. The Labute approximate surface area is 186 Å². The Bertz CT molecular complexity index is 1090. The fourth-order valence-electron chi connectivity index (χ4n) is 4.20. The lowest BCUT2D eigenvalue weighted by Crippen LogP contribution is -2.35. The molecule has 0 saturated carbocycles. The van der Waals surface area contributed by atoms with Crippen LogP contribution in [0.5, 0.6) is 0 Å². The van der Waals surface area contributed by atoms with Crippen LogP contribution in [-0.4, -0.2) is 58.4 Å². The topological polar surface area (TPSA) is 114 Å². The number of amides is 1. The number of carbonyl (C=O) groups excluding carboxylic acids is 1. The minimum absolute atomic E-state index is 0.0272. The van der Waals surface area contributed by atoms with Gasteiger partial charge in [0, 0.05) is 36.1 Å². The summed E-state index contributed by atoms with van der Waals surface area (Å²) in [7, 11) is 0. The van der Waals surface area contributed by atoms with Gasteiger partial charge in [-0.2, -0.15) is 0 Å². The van der Waals surface area contributed by atoms with Crippen LogP contribution in [0.2, 0.25) is 0 Å². The van der Waals surface area contributed by atoms with Gasteiger partial charge in [-0.05, 0) is 57.0 Å². The van der Waals surface area contributed by atoms with E-state index in [4.69, 9.17) is 9.72 Å². The molecule has 2 aliphatic heterocycles. The molecule has 9 heteroatoms. The SMILES string of the molecule is O=C(Nc1cc2cc(-c3cncc(NC4CCNCC4)n3)ccc2nn1)C1CCOCC1. The van der Waals surface area contributed by atoms with Crippen LogP contribution in [0.25, 0.3) is 22.2 Å². The van der Waals surface area contributed by atoms with Crippen LogP contribution in [0, 0.1) is 5.92 Å². The standard InChI is InChI=1S/C23H27N7O2/c31-23(15-5-9-32-10-6-15)28-21-12-17-11-16(1-2-19(17)29-30-21)20-13-25-14-22(27-20)26-18-3-7-24-8-4-18/h1-2,11-15,18,24H,3-10H2,(H,26,27)(H,28,30,31). The number of aromatic nitrogens is 4.